The SMILES string of the molecule is Cc1ccc(C(=O)CCC(=O)N2CCN(C)C(c3ccccc3)C2)cc1C. The van der Waals surface area contributed by atoms with Crippen LogP contribution in [0, 0.1) is 13.8 Å². The van der Waals surface area contributed by atoms with E-state index in [0.29, 0.717) is 12.1 Å². The summed E-state index contributed by atoms with van der Waals surface area (Å²) in [6, 6.07) is 16.2. The zero-order valence-corrected chi connectivity index (χ0v) is 16.4. The fourth-order valence-corrected chi connectivity index (χ4v) is 3.57. The molecule has 1 aliphatic heterocycles. The number of hydrogen-bond donors (Lipinski definition) is 0. The molecule has 0 N–H and O–H groups in total. The summed E-state index contributed by atoms with van der Waals surface area (Å²) in [7, 11) is 2.10. The number of benzene rings is 2. The zero-order valence-electron chi connectivity index (χ0n) is 16.4. The predicted molar refractivity (Wildman–Crippen MR) is 108 cm³/mol. The van der Waals surface area contributed by atoms with Crippen molar-refractivity contribution in [3.05, 3.63) is 70.8 Å². The average molecular weight is 364 g/mol. The van der Waals surface area contributed by atoms with E-state index in [-0.39, 0.29) is 30.6 Å². The highest BCUT2D eigenvalue weighted by Gasteiger charge is 2.28. The second-order valence-electron chi connectivity index (χ2n) is 7.47. The first-order valence-electron chi connectivity index (χ1n) is 9.59. The largest absolute Gasteiger partial charge is 0.339 e. The van der Waals surface area contributed by atoms with Crippen molar-refractivity contribution in [1.82, 2.24) is 9.80 Å². The van der Waals surface area contributed by atoms with Gasteiger partial charge < -0.3 is 4.90 Å². The molecule has 1 aliphatic rings. The van der Waals surface area contributed by atoms with Crippen LogP contribution in [0.2, 0.25) is 0 Å². The van der Waals surface area contributed by atoms with Crippen molar-refractivity contribution < 1.29 is 9.59 Å². The maximum absolute atomic E-state index is 12.7. The Hall–Kier alpha value is -2.46. The van der Waals surface area contributed by atoms with Crippen molar-refractivity contribution in [1.29, 1.82) is 0 Å². The lowest BCUT2D eigenvalue weighted by Gasteiger charge is -2.39. The Labute approximate surface area is 161 Å². The molecule has 0 aromatic heterocycles. The first-order chi connectivity index (χ1) is 13.0. The minimum Gasteiger partial charge on any atom is -0.339 e. The number of rotatable bonds is 5. The molecule has 1 amide bonds. The highest BCUT2D eigenvalue weighted by Crippen LogP contribution is 2.24. The number of Topliss-reactive ketones (excluding diaryl/α,β-unsaturated/α-hetero) is 1. The van der Waals surface area contributed by atoms with Gasteiger partial charge in [0.05, 0.1) is 6.04 Å². The number of carbonyl (C=O) groups is 2. The zero-order chi connectivity index (χ0) is 19.4. The third-order valence-corrected chi connectivity index (χ3v) is 5.58. The van der Waals surface area contributed by atoms with Gasteiger partial charge in [0.25, 0.3) is 0 Å². The maximum atomic E-state index is 12.7. The van der Waals surface area contributed by atoms with Gasteiger partial charge in [-0.05, 0) is 43.7 Å². The molecule has 2 aromatic carbocycles. The van der Waals surface area contributed by atoms with Gasteiger partial charge in [0, 0.05) is 38.0 Å². The summed E-state index contributed by atoms with van der Waals surface area (Å²) in [4.78, 5) is 29.3. The fraction of sp³-hybridized carbons (Fsp3) is 0.391. The Morgan fingerprint density at radius 2 is 1.70 bits per heavy atom. The molecule has 0 saturated carbocycles. The van der Waals surface area contributed by atoms with Crippen LogP contribution in [-0.4, -0.2) is 48.2 Å². The van der Waals surface area contributed by atoms with Crippen molar-refractivity contribution in [3.8, 4) is 0 Å². The number of nitrogens with zero attached hydrogens (tertiary/aromatic N) is 2. The number of amides is 1. The van der Waals surface area contributed by atoms with Crippen molar-refractivity contribution in [2.45, 2.75) is 32.7 Å². The van der Waals surface area contributed by atoms with Crippen LogP contribution in [0.3, 0.4) is 0 Å². The topological polar surface area (TPSA) is 40.6 Å². The van der Waals surface area contributed by atoms with Gasteiger partial charge >= 0.3 is 0 Å². The van der Waals surface area contributed by atoms with Gasteiger partial charge in [-0.25, -0.2) is 0 Å². The fourth-order valence-electron chi connectivity index (χ4n) is 3.57. The number of piperazine rings is 1. The van der Waals surface area contributed by atoms with Crippen molar-refractivity contribution in [2.24, 2.45) is 0 Å². The molecular weight excluding hydrogens is 336 g/mol. The second kappa shape index (κ2) is 8.49. The third-order valence-electron chi connectivity index (χ3n) is 5.58. The Morgan fingerprint density at radius 1 is 0.963 bits per heavy atom. The molecule has 142 valence electrons. The molecular formula is C23H28N2O2. The molecule has 1 atom stereocenters. The summed E-state index contributed by atoms with van der Waals surface area (Å²) in [5.74, 6) is 0.112. The predicted octanol–water partition coefficient (Wildman–Crippen LogP) is 3.78. The minimum atomic E-state index is 0.0418. The molecule has 4 heteroatoms. The molecule has 4 nitrogen and oxygen atoms in total. The van der Waals surface area contributed by atoms with E-state index in [9.17, 15) is 9.59 Å². The van der Waals surface area contributed by atoms with E-state index in [1.165, 1.54) is 11.1 Å². The van der Waals surface area contributed by atoms with Crippen molar-refractivity contribution >= 4 is 11.7 Å². The summed E-state index contributed by atoms with van der Waals surface area (Å²) in [5, 5.41) is 0. The van der Waals surface area contributed by atoms with Gasteiger partial charge in [-0.2, -0.15) is 0 Å². The Morgan fingerprint density at radius 3 is 2.41 bits per heavy atom. The molecule has 0 radical (unpaired) electrons. The molecule has 0 aliphatic carbocycles. The van der Waals surface area contributed by atoms with Crippen LogP contribution in [0.25, 0.3) is 0 Å². The van der Waals surface area contributed by atoms with Crippen molar-refractivity contribution in [2.75, 3.05) is 26.7 Å². The van der Waals surface area contributed by atoms with E-state index in [2.05, 4.69) is 24.1 Å². The molecule has 0 spiro atoms. The quantitative estimate of drug-likeness (QED) is 0.758. The van der Waals surface area contributed by atoms with Crippen LogP contribution < -0.4 is 0 Å². The first-order valence-corrected chi connectivity index (χ1v) is 9.59. The van der Waals surface area contributed by atoms with E-state index in [1.807, 2.05) is 55.1 Å². The molecule has 2 aromatic rings. The summed E-state index contributed by atoms with van der Waals surface area (Å²) in [5.41, 5.74) is 4.21. The number of likely N-dealkylation sites (N-methyl/N-ethyl adjacent to an activating group) is 1. The lowest BCUT2D eigenvalue weighted by Crippen LogP contribution is -2.49. The monoisotopic (exact) mass is 364 g/mol. The van der Waals surface area contributed by atoms with Gasteiger partial charge in [0.2, 0.25) is 5.91 Å². The smallest absolute Gasteiger partial charge is 0.223 e. The van der Waals surface area contributed by atoms with Gasteiger partial charge in [-0.15, -0.1) is 0 Å². The molecule has 0 bridgehead atoms. The van der Waals surface area contributed by atoms with Crippen molar-refractivity contribution in [3.63, 3.8) is 0 Å². The number of carbonyl (C=O) groups excluding carboxylic acids is 2. The summed E-state index contributed by atoms with van der Waals surface area (Å²) in [6.07, 6.45) is 0.542. The second-order valence-corrected chi connectivity index (χ2v) is 7.47. The van der Waals surface area contributed by atoms with Crippen LogP contribution >= 0.6 is 0 Å². The Kier molecular flexibility index (Phi) is 6.07. The average Bonchev–Trinajstić information content (AvgIpc) is 2.69. The van der Waals surface area contributed by atoms with Gasteiger partial charge in [-0.3, -0.25) is 14.5 Å². The van der Waals surface area contributed by atoms with Crippen LogP contribution in [-0.2, 0) is 4.79 Å². The third kappa shape index (κ3) is 4.64. The number of aryl methyl sites for hydroxylation is 2. The normalized spacial score (nSPS) is 17.7. The lowest BCUT2D eigenvalue weighted by atomic mass is 10.0. The Bertz CT molecular complexity index is 816. The van der Waals surface area contributed by atoms with Crippen LogP contribution in [0.5, 0.6) is 0 Å². The molecule has 3 rings (SSSR count). The standard InChI is InChI=1S/C23H28N2O2/c1-17-9-10-20(15-18(17)2)22(26)11-12-23(27)25-14-13-24(3)21(16-25)19-7-5-4-6-8-19/h4-10,15,21H,11-14,16H2,1-3H3. The maximum Gasteiger partial charge on any atom is 0.223 e. The van der Waals surface area contributed by atoms with E-state index < -0.39 is 0 Å². The van der Waals surface area contributed by atoms with Gasteiger partial charge in [-0.1, -0.05) is 42.5 Å². The van der Waals surface area contributed by atoms with Crippen LogP contribution in [0.1, 0.15) is 45.9 Å². The first kappa shape index (κ1) is 19.3. The number of hydrogen-bond acceptors (Lipinski definition) is 3. The Balaban J connectivity index is 1.59. The summed E-state index contributed by atoms with van der Waals surface area (Å²) in [6.45, 7) is 6.28. The molecule has 27 heavy (non-hydrogen) atoms. The van der Waals surface area contributed by atoms with E-state index in [4.69, 9.17) is 0 Å². The molecule has 1 saturated heterocycles. The molecule has 1 heterocycles. The van der Waals surface area contributed by atoms with E-state index in [0.717, 1.165) is 18.7 Å². The molecule has 1 unspecified atom stereocenters. The minimum absolute atomic E-state index is 0.0418. The highest BCUT2D eigenvalue weighted by molar-refractivity contribution is 5.98. The lowest BCUT2D eigenvalue weighted by molar-refractivity contribution is -0.134. The molecule has 1 fully saturated rings. The number of ketones is 1. The van der Waals surface area contributed by atoms with E-state index in [1.54, 1.807) is 0 Å². The van der Waals surface area contributed by atoms with E-state index >= 15 is 0 Å². The highest BCUT2D eigenvalue weighted by atomic mass is 16.2. The summed E-state index contributed by atoms with van der Waals surface area (Å²) < 4.78 is 0. The van der Waals surface area contributed by atoms with Gasteiger partial charge in [0.15, 0.2) is 5.78 Å². The van der Waals surface area contributed by atoms with Gasteiger partial charge in [0.1, 0.15) is 0 Å². The van der Waals surface area contributed by atoms with Crippen LogP contribution in [0.4, 0.5) is 0 Å². The summed E-state index contributed by atoms with van der Waals surface area (Å²) >= 11 is 0. The van der Waals surface area contributed by atoms with Crippen LogP contribution in [0.15, 0.2) is 48.5 Å².